The highest BCUT2D eigenvalue weighted by Crippen LogP contribution is 2.31. The molecule has 0 saturated carbocycles. The molecule has 0 spiro atoms. The summed E-state index contributed by atoms with van der Waals surface area (Å²) in [6.07, 6.45) is -2.37. The largest absolute Gasteiger partial charge is 0.432 e. The molecule has 0 aromatic carbocycles. The number of amides is 1. The van der Waals surface area contributed by atoms with Gasteiger partial charge in [-0.05, 0) is 12.8 Å². The van der Waals surface area contributed by atoms with Crippen LogP contribution in [0.5, 0.6) is 0 Å². The summed E-state index contributed by atoms with van der Waals surface area (Å²) < 4.78 is 37.6. The van der Waals surface area contributed by atoms with Gasteiger partial charge in [-0.3, -0.25) is 4.79 Å². The Kier molecular flexibility index (Phi) is 8.37. The molecule has 5 nitrogen and oxygen atoms in total. The molecule has 1 saturated heterocycles. The molecule has 0 radical (unpaired) electrons. The summed E-state index contributed by atoms with van der Waals surface area (Å²) in [6.45, 7) is 3.12. The van der Waals surface area contributed by atoms with Crippen LogP contribution >= 0.6 is 24.8 Å². The number of alkyl halides is 3. The molecule has 1 aliphatic heterocycles. The van der Waals surface area contributed by atoms with Crippen LogP contribution in [-0.4, -0.2) is 40.4 Å². The summed E-state index contributed by atoms with van der Waals surface area (Å²) in [7, 11) is 0. The molecule has 1 fully saturated rings. The van der Waals surface area contributed by atoms with Gasteiger partial charge in [0.15, 0.2) is 0 Å². The Labute approximate surface area is 145 Å². The van der Waals surface area contributed by atoms with Crippen LogP contribution in [0.2, 0.25) is 0 Å². The van der Waals surface area contributed by atoms with Crippen LogP contribution in [0.15, 0.2) is 6.20 Å². The Hall–Kier alpha value is -0.990. The zero-order chi connectivity index (χ0) is 15.6. The molecule has 1 atom stereocenters. The third-order valence-corrected chi connectivity index (χ3v) is 3.87. The Bertz CT molecular complexity index is 502. The van der Waals surface area contributed by atoms with Gasteiger partial charge in [0.25, 0.3) is 0 Å². The fourth-order valence-corrected chi connectivity index (χ4v) is 2.47. The number of hydrogen-bond donors (Lipinski definition) is 2. The van der Waals surface area contributed by atoms with Crippen molar-refractivity contribution < 1.29 is 18.0 Å². The first kappa shape index (κ1) is 22.0. The molecule has 1 aromatic rings. The van der Waals surface area contributed by atoms with E-state index in [1.54, 1.807) is 11.8 Å². The summed E-state index contributed by atoms with van der Waals surface area (Å²) >= 11 is 0. The fourth-order valence-electron chi connectivity index (χ4n) is 2.47. The topological polar surface area (TPSA) is 75.0 Å². The molecule has 1 aromatic heterocycles. The summed E-state index contributed by atoms with van der Waals surface area (Å²) in [6, 6.07) is 0. The zero-order valence-corrected chi connectivity index (χ0v) is 14.2. The minimum Gasteiger partial charge on any atom is -0.342 e. The van der Waals surface area contributed by atoms with Crippen molar-refractivity contribution in [3.05, 3.63) is 17.7 Å². The van der Waals surface area contributed by atoms with Crippen LogP contribution in [0.1, 0.15) is 37.2 Å². The van der Waals surface area contributed by atoms with Crippen LogP contribution in [0.4, 0.5) is 13.2 Å². The van der Waals surface area contributed by atoms with E-state index in [9.17, 15) is 18.0 Å². The van der Waals surface area contributed by atoms with Crippen LogP contribution in [0.3, 0.4) is 0 Å². The number of carbonyl (C=O) groups excluding carboxylic acids is 1. The van der Waals surface area contributed by atoms with E-state index in [4.69, 9.17) is 5.73 Å². The van der Waals surface area contributed by atoms with Crippen molar-refractivity contribution >= 4 is 30.7 Å². The van der Waals surface area contributed by atoms with Crippen molar-refractivity contribution in [1.82, 2.24) is 14.9 Å². The van der Waals surface area contributed by atoms with Crippen molar-refractivity contribution in [3.8, 4) is 0 Å². The van der Waals surface area contributed by atoms with Crippen LogP contribution in [0, 0.1) is 5.92 Å². The van der Waals surface area contributed by atoms with Crippen molar-refractivity contribution in [2.75, 3.05) is 19.6 Å². The number of rotatable bonds is 3. The van der Waals surface area contributed by atoms with Gasteiger partial charge >= 0.3 is 6.18 Å². The molecule has 134 valence electrons. The van der Waals surface area contributed by atoms with E-state index in [0.29, 0.717) is 38.3 Å². The average molecular weight is 377 g/mol. The quantitative estimate of drug-likeness (QED) is 0.850. The van der Waals surface area contributed by atoms with Gasteiger partial charge in [-0.1, -0.05) is 6.92 Å². The maximum Gasteiger partial charge on any atom is 0.432 e. The van der Waals surface area contributed by atoms with Gasteiger partial charge in [0.05, 0.1) is 6.20 Å². The van der Waals surface area contributed by atoms with Gasteiger partial charge in [-0.25, -0.2) is 4.98 Å². The van der Waals surface area contributed by atoms with E-state index in [-0.39, 0.29) is 42.6 Å². The second-order valence-electron chi connectivity index (χ2n) is 5.42. The number of carbonyl (C=O) groups is 1. The highest BCUT2D eigenvalue weighted by Gasteiger charge is 2.34. The fraction of sp³-hybridized carbons (Fsp3) is 0.692. The molecule has 0 aliphatic carbocycles. The number of nitrogens with two attached hydrogens (primary N) is 1. The standard InChI is InChI=1S/C13H19F3N4O.2ClH/c1-8(6-17)12(21)20-4-2-9(3-5-20)11-18-7-10(19-11)13(14,15)16;;/h7-9H,2-6,17H2,1H3,(H,18,19);2*1H. The molecule has 1 unspecified atom stereocenters. The number of halogens is 5. The van der Waals surface area contributed by atoms with Crippen molar-refractivity contribution in [3.63, 3.8) is 0 Å². The smallest absolute Gasteiger partial charge is 0.342 e. The SMILES string of the molecule is CC(CN)C(=O)N1CCC(c2ncc(C(F)(F)F)[nH]2)CC1.Cl.Cl. The lowest BCUT2D eigenvalue weighted by molar-refractivity contribution is -0.141. The minimum atomic E-state index is -4.40. The van der Waals surface area contributed by atoms with Crippen LogP contribution in [0.25, 0.3) is 0 Å². The average Bonchev–Trinajstić information content (AvgIpc) is 2.95. The highest BCUT2D eigenvalue weighted by molar-refractivity contribution is 5.85. The van der Waals surface area contributed by atoms with Gasteiger partial charge < -0.3 is 15.6 Å². The number of hydrogen-bond acceptors (Lipinski definition) is 3. The number of nitrogens with one attached hydrogen (secondary N) is 1. The summed E-state index contributed by atoms with van der Waals surface area (Å²) in [5.74, 6) is 0.0630. The molecule has 1 amide bonds. The molecule has 1 aliphatic rings. The number of H-pyrrole nitrogens is 1. The normalized spacial score (nSPS) is 17.2. The third kappa shape index (κ3) is 5.26. The van der Waals surface area contributed by atoms with E-state index in [2.05, 4.69) is 9.97 Å². The lowest BCUT2D eigenvalue weighted by atomic mass is 9.95. The Morgan fingerprint density at radius 2 is 2.00 bits per heavy atom. The Morgan fingerprint density at radius 3 is 2.43 bits per heavy atom. The number of piperidine rings is 1. The predicted molar refractivity (Wildman–Crippen MR) is 84.9 cm³/mol. The summed E-state index contributed by atoms with van der Waals surface area (Å²) in [5.41, 5.74) is 4.65. The second-order valence-corrected chi connectivity index (χ2v) is 5.42. The molecule has 10 heteroatoms. The first-order valence-electron chi connectivity index (χ1n) is 6.94. The number of aromatic nitrogens is 2. The molecule has 3 N–H and O–H groups in total. The van der Waals surface area contributed by atoms with E-state index < -0.39 is 11.9 Å². The summed E-state index contributed by atoms with van der Waals surface area (Å²) in [5, 5.41) is 0. The monoisotopic (exact) mass is 376 g/mol. The van der Waals surface area contributed by atoms with Crippen molar-refractivity contribution in [2.45, 2.75) is 31.9 Å². The number of aromatic amines is 1. The van der Waals surface area contributed by atoms with Gasteiger partial charge in [0.1, 0.15) is 11.5 Å². The first-order chi connectivity index (χ1) is 9.82. The van der Waals surface area contributed by atoms with E-state index in [0.717, 1.165) is 6.20 Å². The van der Waals surface area contributed by atoms with Gasteiger partial charge in [-0.2, -0.15) is 13.2 Å². The predicted octanol–water partition coefficient (Wildman–Crippen LogP) is 2.57. The number of imidazole rings is 1. The molecule has 0 bridgehead atoms. The zero-order valence-electron chi connectivity index (χ0n) is 12.6. The molecular formula is C13H21Cl2F3N4O. The van der Waals surface area contributed by atoms with Crippen LogP contribution in [-0.2, 0) is 11.0 Å². The lowest BCUT2D eigenvalue weighted by Crippen LogP contribution is -2.42. The molecular weight excluding hydrogens is 356 g/mol. The van der Waals surface area contributed by atoms with E-state index in [1.807, 2.05) is 0 Å². The molecule has 23 heavy (non-hydrogen) atoms. The Morgan fingerprint density at radius 1 is 1.43 bits per heavy atom. The van der Waals surface area contributed by atoms with Gasteiger partial charge in [-0.15, -0.1) is 24.8 Å². The van der Waals surface area contributed by atoms with Crippen molar-refractivity contribution in [2.24, 2.45) is 11.7 Å². The first-order valence-corrected chi connectivity index (χ1v) is 6.94. The minimum absolute atomic E-state index is 0. The number of likely N-dealkylation sites (tertiary alicyclic amines) is 1. The van der Waals surface area contributed by atoms with E-state index in [1.165, 1.54) is 0 Å². The molecule has 2 heterocycles. The maximum absolute atomic E-state index is 12.5. The van der Waals surface area contributed by atoms with Crippen molar-refractivity contribution in [1.29, 1.82) is 0 Å². The Balaban J connectivity index is 0.00000242. The lowest BCUT2D eigenvalue weighted by Gasteiger charge is -2.32. The molecule has 2 rings (SSSR count). The van der Waals surface area contributed by atoms with E-state index >= 15 is 0 Å². The van der Waals surface area contributed by atoms with Gasteiger partial charge in [0, 0.05) is 31.5 Å². The third-order valence-electron chi connectivity index (χ3n) is 3.87. The van der Waals surface area contributed by atoms with Gasteiger partial charge in [0.2, 0.25) is 5.91 Å². The highest BCUT2D eigenvalue weighted by atomic mass is 35.5. The maximum atomic E-state index is 12.5. The number of nitrogens with zero attached hydrogens (tertiary/aromatic N) is 2. The second kappa shape index (κ2) is 8.75. The summed E-state index contributed by atoms with van der Waals surface area (Å²) in [4.78, 5) is 19.9. The van der Waals surface area contributed by atoms with Crippen LogP contribution < -0.4 is 5.73 Å².